The van der Waals surface area contributed by atoms with Crippen LogP contribution >= 0.6 is 23.2 Å². The SMILES string of the molecule is CCc1nc2cc(CN)c(Cl)cc2n1-c1ccc(CCCl)cc1. The van der Waals surface area contributed by atoms with Crippen LogP contribution in [0.15, 0.2) is 36.4 Å². The van der Waals surface area contributed by atoms with E-state index in [1.54, 1.807) is 0 Å². The van der Waals surface area contributed by atoms with Gasteiger partial charge in [0.1, 0.15) is 5.82 Å². The Kier molecular flexibility index (Phi) is 4.90. The first-order valence-corrected chi connectivity index (χ1v) is 8.64. The molecule has 23 heavy (non-hydrogen) atoms. The standard InChI is InChI=1S/C18H19Cl2N3/c1-2-18-22-16-9-13(11-21)15(20)10-17(16)23(18)14-5-3-12(4-6-14)7-8-19/h3-6,9-10H,2,7-8,11,21H2,1H3. The molecule has 0 bridgehead atoms. The molecule has 2 aromatic carbocycles. The van der Waals surface area contributed by atoms with Crippen LogP contribution in [0.4, 0.5) is 0 Å². The zero-order valence-electron chi connectivity index (χ0n) is 13.0. The van der Waals surface area contributed by atoms with Crippen molar-refractivity contribution in [1.82, 2.24) is 9.55 Å². The van der Waals surface area contributed by atoms with Crippen molar-refractivity contribution in [1.29, 1.82) is 0 Å². The summed E-state index contributed by atoms with van der Waals surface area (Å²) < 4.78 is 2.16. The van der Waals surface area contributed by atoms with Gasteiger partial charge in [0.15, 0.2) is 0 Å². The average Bonchev–Trinajstić information content (AvgIpc) is 2.92. The highest BCUT2D eigenvalue weighted by atomic mass is 35.5. The van der Waals surface area contributed by atoms with Crippen molar-refractivity contribution in [2.75, 3.05) is 5.88 Å². The number of aromatic nitrogens is 2. The van der Waals surface area contributed by atoms with Crippen molar-refractivity contribution in [3.63, 3.8) is 0 Å². The van der Waals surface area contributed by atoms with Crippen molar-refractivity contribution < 1.29 is 0 Å². The molecular weight excluding hydrogens is 329 g/mol. The molecule has 3 aromatic rings. The molecule has 1 heterocycles. The van der Waals surface area contributed by atoms with Crippen LogP contribution in [0.25, 0.3) is 16.7 Å². The molecule has 0 saturated heterocycles. The smallest absolute Gasteiger partial charge is 0.114 e. The van der Waals surface area contributed by atoms with E-state index < -0.39 is 0 Å². The second-order valence-electron chi connectivity index (χ2n) is 5.46. The largest absolute Gasteiger partial charge is 0.326 e. The van der Waals surface area contributed by atoms with Crippen LogP contribution in [-0.2, 0) is 19.4 Å². The first kappa shape index (κ1) is 16.3. The number of aryl methyl sites for hydroxylation is 2. The number of imidazole rings is 1. The Bertz CT molecular complexity index is 822. The fourth-order valence-electron chi connectivity index (χ4n) is 2.79. The summed E-state index contributed by atoms with van der Waals surface area (Å²) >= 11 is 12.2. The van der Waals surface area contributed by atoms with Gasteiger partial charge in [-0.2, -0.15) is 0 Å². The Balaban J connectivity index is 2.16. The number of rotatable bonds is 5. The summed E-state index contributed by atoms with van der Waals surface area (Å²) in [6.07, 6.45) is 1.71. The first-order chi connectivity index (χ1) is 11.2. The summed E-state index contributed by atoms with van der Waals surface area (Å²) in [6.45, 7) is 2.52. The fourth-order valence-corrected chi connectivity index (χ4v) is 3.25. The maximum absolute atomic E-state index is 6.35. The molecule has 0 fully saturated rings. The molecule has 0 aliphatic heterocycles. The van der Waals surface area contributed by atoms with Gasteiger partial charge in [-0.05, 0) is 41.8 Å². The van der Waals surface area contributed by atoms with Gasteiger partial charge >= 0.3 is 0 Å². The predicted octanol–water partition coefficient (Wildman–Crippen LogP) is 4.48. The number of hydrogen-bond acceptors (Lipinski definition) is 2. The summed E-state index contributed by atoms with van der Waals surface area (Å²) in [5, 5.41) is 0.683. The van der Waals surface area contributed by atoms with Crippen LogP contribution in [0.1, 0.15) is 23.9 Å². The summed E-state index contributed by atoms with van der Waals surface area (Å²) in [5.41, 5.74) is 10.9. The van der Waals surface area contributed by atoms with E-state index in [1.807, 2.05) is 12.1 Å². The van der Waals surface area contributed by atoms with Crippen molar-refractivity contribution in [2.24, 2.45) is 5.73 Å². The third-order valence-electron chi connectivity index (χ3n) is 4.01. The van der Waals surface area contributed by atoms with Gasteiger partial charge < -0.3 is 5.73 Å². The van der Waals surface area contributed by atoms with Crippen LogP contribution < -0.4 is 5.73 Å². The molecule has 2 N–H and O–H groups in total. The van der Waals surface area contributed by atoms with Gasteiger partial charge in [-0.1, -0.05) is 30.7 Å². The zero-order chi connectivity index (χ0) is 16.4. The molecule has 0 unspecified atom stereocenters. The van der Waals surface area contributed by atoms with Gasteiger partial charge in [-0.3, -0.25) is 4.57 Å². The molecule has 0 atom stereocenters. The normalized spacial score (nSPS) is 11.3. The van der Waals surface area contributed by atoms with Crippen molar-refractivity contribution in [3.8, 4) is 5.69 Å². The third-order valence-corrected chi connectivity index (χ3v) is 4.55. The van der Waals surface area contributed by atoms with Crippen molar-refractivity contribution in [2.45, 2.75) is 26.3 Å². The van der Waals surface area contributed by atoms with Gasteiger partial charge in [0.2, 0.25) is 0 Å². The Hall–Kier alpha value is -1.55. The van der Waals surface area contributed by atoms with E-state index in [9.17, 15) is 0 Å². The number of fused-ring (bicyclic) bond motifs is 1. The topological polar surface area (TPSA) is 43.8 Å². The van der Waals surface area contributed by atoms with Crippen molar-refractivity contribution >= 4 is 34.2 Å². The van der Waals surface area contributed by atoms with Gasteiger partial charge in [0.05, 0.1) is 11.0 Å². The number of nitrogens with two attached hydrogens (primary N) is 1. The molecule has 0 radical (unpaired) electrons. The Labute approximate surface area is 146 Å². The van der Waals surface area contributed by atoms with Crippen LogP contribution in [0.3, 0.4) is 0 Å². The quantitative estimate of drug-likeness (QED) is 0.691. The van der Waals surface area contributed by atoms with E-state index in [-0.39, 0.29) is 0 Å². The minimum atomic E-state index is 0.413. The van der Waals surface area contributed by atoms with Crippen LogP contribution in [-0.4, -0.2) is 15.4 Å². The second kappa shape index (κ2) is 6.91. The van der Waals surface area contributed by atoms with Gasteiger partial charge in [0.25, 0.3) is 0 Å². The average molecular weight is 348 g/mol. The molecule has 0 saturated carbocycles. The summed E-state index contributed by atoms with van der Waals surface area (Å²) in [5.74, 6) is 1.64. The minimum absolute atomic E-state index is 0.413. The van der Waals surface area contributed by atoms with Crippen LogP contribution in [0.2, 0.25) is 5.02 Å². The van der Waals surface area contributed by atoms with Crippen LogP contribution in [0.5, 0.6) is 0 Å². The molecule has 3 rings (SSSR count). The highest BCUT2D eigenvalue weighted by molar-refractivity contribution is 6.32. The Morgan fingerprint density at radius 3 is 2.52 bits per heavy atom. The van der Waals surface area contributed by atoms with Gasteiger partial charge in [0, 0.05) is 29.6 Å². The Morgan fingerprint density at radius 2 is 1.91 bits per heavy atom. The second-order valence-corrected chi connectivity index (χ2v) is 6.24. The van der Waals surface area contributed by atoms with E-state index in [4.69, 9.17) is 33.9 Å². The molecule has 0 spiro atoms. The fraction of sp³-hybridized carbons (Fsp3) is 0.278. The van der Waals surface area contributed by atoms with E-state index in [2.05, 4.69) is 35.8 Å². The predicted molar refractivity (Wildman–Crippen MR) is 97.8 cm³/mol. The van der Waals surface area contributed by atoms with Crippen LogP contribution in [0, 0.1) is 0 Å². The Morgan fingerprint density at radius 1 is 1.17 bits per heavy atom. The maximum Gasteiger partial charge on any atom is 0.114 e. The lowest BCUT2D eigenvalue weighted by molar-refractivity contribution is 0.907. The minimum Gasteiger partial charge on any atom is -0.326 e. The molecule has 120 valence electrons. The molecule has 3 nitrogen and oxygen atoms in total. The molecule has 1 aromatic heterocycles. The van der Waals surface area contributed by atoms with Gasteiger partial charge in [-0.15, -0.1) is 11.6 Å². The van der Waals surface area contributed by atoms with Crippen molar-refractivity contribution in [3.05, 3.63) is 58.4 Å². The lowest BCUT2D eigenvalue weighted by Crippen LogP contribution is -2.01. The lowest BCUT2D eigenvalue weighted by Gasteiger charge is -2.10. The number of nitrogens with zero attached hydrogens (tertiary/aromatic N) is 2. The third kappa shape index (κ3) is 3.09. The van der Waals surface area contributed by atoms with E-state index in [0.717, 1.165) is 41.0 Å². The van der Waals surface area contributed by atoms with E-state index in [0.29, 0.717) is 17.4 Å². The van der Waals surface area contributed by atoms with E-state index in [1.165, 1.54) is 5.56 Å². The lowest BCUT2D eigenvalue weighted by atomic mass is 10.1. The highest BCUT2D eigenvalue weighted by Gasteiger charge is 2.13. The molecular formula is C18H19Cl2N3. The van der Waals surface area contributed by atoms with Gasteiger partial charge in [-0.25, -0.2) is 4.98 Å². The summed E-state index contributed by atoms with van der Waals surface area (Å²) in [4.78, 5) is 4.74. The summed E-state index contributed by atoms with van der Waals surface area (Å²) in [7, 11) is 0. The molecule has 5 heteroatoms. The highest BCUT2D eigenvalue weighted by Crippen LogP contribution is 2.28. The monoisotopic (exact) mass is 347 g/mol. The molecule has 0 aliphatic rings. The number of hydrogen-bond donors (Lipinski definition) is 1. The zero-order valence-corrected chi connectivity index (χ0v) is 14.5. The maximum atomic E-state index is 6.35. The molecule has 0 aliphatic carbocycles. The molecule has 0 amide bonds. The number of alkyl halides is 1. The number of benzene rings is 2. The van der Waals surface area contributed by atoms with E-state index >= 15 is 0 Å². The summed E-state index contributed by atoms with van der Waals surface area (Å²) in [6, 6.07) is 12.4. The number of halogens is 2. The first-order valence-electron chi connectivity index (χ1n) is 7.73.